The summed E-state index contributed by atoms with van der Waals surface area (Å²) in [5, 5.41) is 8.68. The summed E-state index contributed by atoms with van der Waals surface area (Å²) in [5.74, 6) is 0.413. The Kier molecular flexibility index (Phi) is 5.38. The van der Waals surface area contributed by atoms with Crippen LogP contribution in [-0.4, -0.2) is 21.2 Å². The molecule has 2 aromatic carbocycles. The van der Waals surface area contributed by atoms with E-state index in [-0.39, 0.29) is 11.0 Å². The summed E-state index contributed by atoms with van der Waals surface area (Å²) in [6, 6.07) is 14.4. The summed E-state index contributed by atoms with van der Waals surface area (Å²) < 4.78 is 6.56. The van der Waals surface area contributed by atoms with E-state index in [9.17, 15) is 4.79 Å². The Hall–Kier alpha value is -1.63. The summed E-state index contributed by atoms with van der Waals surface area (Å²) in [6.07, 6.45) is 0. The van der Waals surface area contributed by atoms with Crippen molar-refractivity contribution in [2.45, 2.75) is 17.4 Å². The zero-order valence-electron chi connectivity index (χ0n) is 12.6. The lowest BCUT2D eigenvalue weighted by atomic mass is 10.1. The van der Waals surface area contributed by atoms with E-state index in [2.05, 4.69) is 26.1 Å². The summed E-state index contributed by atoms with van der Waals surface area (Å²) in [6.45, 7) is 1.82. The molecule has 0 spiro atoms. The number of carbonyl (C=O) groups is 1. The number of rotatable bonds is 5. The van der Waals surface area contributed by atoms with Crippen molar-refractivity contribution in [2.75, 3.05) is 0 Å². The Labute approximate surface area is 156 Å². The highest BCUT2D eigenvalue weighted by Gasteiger charge is 2.20. The highest BCUT2D eigenvalue weighted by Crippen LogP contribution is 2.28. The number of Topliss-reactive ketones (excluding diaryl/α,β-unsaturated/α-hetero) is 1. The van der Waals surface area contributed by atoms with Gasteiger partial charge in [-0.3, -0.25) is 4.79 Å². The Morgan fingerprint density at radius 3 is 2.46 bits per heavy atom. The molecule has 0 bridgehead atoms. The van der Waals surface area contributed by atoms with Crippen LogP contribution in [0.15, 0.2) is 62.6 Å². The maximum absolute atomic E-state index is 12.4. The molecule has 0 radical (unpaired) electrons. The quantitative estimate of drug-likeness (QED) is 0.400. The first-order valence-electron chi connectivity index (χ1n) is 7.09. The molecule has 0 fully saturated rings. The van der Waals surface area contributed by atoms with Gasteiger partial charge in [0.1, 0.15) is 0 Å². The van der Waals surface area contributed by atoms with Crippen LogP contribution in [-0.2, 0) is 0 Å². The number of aromatic nitrogens is 2. The van der Waals surface area contributed by atoms with Crippen molar-refractivity contribution in [3.63, 3.8) is 0 Å². The molecule has 7 heteroatoms. The van der Waals surface area contributed by atoms with Crippen LogP contribution in [0.4, 0.5) is 0 Å². The van der Waals surface area contributed by atoms with Crippen LogP contribution >= 0.6 is 39.3 Å². The van der Waals surface area contributed by atoms with Gasteiger partial charge in [0, 0.05) is 20.6 Å². The number of halogens is 2. The molecule has 4 nitrogen and oxygen atoms in total. The van der Waals surface area contributed by atoms with Gasteiger partial charge in [-0.2, -0.15) is 0 Å². The number of carbonyl (C=O) groups excluding carboxylic acids is 1. The lowest BCUT2D eigenvalue weighted by molar-refractivity contribution is 0.0993. The van der Waals surface area contributed by atoms with Crippen LogP contribution in [0.5, 0.6) is 0 Å². The number of ketones is 1. The first kappa shape index (κ1) is 17.2. The van der Waals surface area contributed by atoms with Crippen LogP contribution in [0.3, 0.4) is 0 Å². The van der Waals surface area contributed by atoms with Gasteiger partial charge in [0.15, 0.2) is 5.78 Å². The zero-order chi connectivity index (χ0) is 17.1. The van der Waals surface area contributed by atoms with Crippen molar-refractivity contribution in [3.05, 3.63) is 63.6 Å². The minimum absolute atomic E-state index is 0.0127. The predicted octanol–water partition coefficient (Wildman–Crippen LogP) is 5.52. The van der Waals surface area contributed by atoms with Crippen LogP contribution in [0.1, 0.15) is 17.3 Å². The zero-order valence-corrected chi connectivity index (χ0v) is 15.7. The largest absolute Gasteiger partial charge is 0.411 e. The molecule has 0 amide bonds. The van der Waals surface area contributed by atoms with Gasteiger partial charge in [0.25, 0.3) is 5.22 Å². The lowest BCUT2D eigenvalue weighted by Gasteiger charge is -2.07. The molecule has 24 heavy (non-hydrogen) atoms. The normalized spacial score (nSPS) is 12.1. The van der Waals surface area contributed by atoms with Gasteiger partial charge >= 0.3 is 0 Å². The van der Waals surface area contributed by atoms with E-state index in [0.717, 1.165) is 10.0 Å². The van der Waals surface area contributed by atoms with E-state index < -0.39 is 0 Å². The van der Waals surface area contributed by atoms with Crippen LogP contribution in [0.25, 0.3) is 11.5 Å². The third-order valence-electron chi connectivity index (χ3n) is 3.27. The van der Waals surface area contributed by atoms with Crippen LogP contribution in [0, 0.1) is 0 Å². The van der Waals surface area contributed by atoms with Crippen LogP contribution in [0.2, 0.25) is 5.02 Å². The molecular formula is C17H12BrClN2O2S. The molecule has 1 heterocycles. The van der Waals surface area contributed by atoms with Gasteiger partial charge in [-0.25, -0.2) is 0 Å². The third-order valence-corrected chi connectivity index (χ3v) is 4.99. The van der Waals surface area contributed by atoms with Gasteiger partial charge in [0.05, 0.1) is 5.25 Å². The Morgan fingerprint density at radius 2 is 1.79 bits per heavy atom. The second-order valence-electron chi connectivity index (χ2n) is 5.01. The highest BCUT2D eigenvalue weighted by atomic mass is 79.9. The highest BCUT2D eigenvalue weighted by molar-refractivity contribution is 9.10. The fourth-order valence-electron chi connectivity index (χ4n) is 2.02. The SMILES string of the molecule is C[C@H](Sc1nnc(-c2ccc(Cl)cc2)o1)C(=O)c1ccc(Br)cc1. The standard InChI is InChI=1S/C17H12BrClN2O2S/c1-10(15(22)11-2-6-13(18)7-3-11)24-17-21-20-16(23-17)12-4-8-14(19)9-5-12/h2-10H,1H3/t10-/m0/s1. The van der Waals surface area contributed by atoms with Crippen molar-refractivity contribution >= 4 is 45.1 Å². The smallest absolute Gasteiger partial charge is 0.277 e. The Morgan fingerprint density at radius 1 is 1.12 bits per heavy atom. The first-order valence-corrected chi connectivity index (χ1v) is 9.14. The molecule has 0 aliphatic rings. The molecule has 0 saturated carbocycles. The van der Waals surface area contributed by atoms with E-state index in [1.807, 2.05) is 19.1 Å². The fraction of sp³-hybridized carbons (Fsp3) is 0.118. The van der Waals surface area contributed by atoms with E-state index in [0.29, 0.717) is 21.7 Å². The summed E-state index contributed by atoms with van der Waals surface area (Å²) in [5.41, 5.74) is 1.43. The van der Waals surface area contributed by atoms with Gasteiger partial charge in [-0.15, -0.1) is 10.2 Å². The third kappa shape index (κ3) is 4.06. The maximum atomic E-state index is 12.4. The number of thioether (sulfide) groups is 1. The number of hydrogen-bond donors (Lipinski definition) is 0. The average molecular weight is 424 g/mol. The van der Waals surface area contributed by atoms with Gasteiger partial charge in [-0.05, 0) is 43.3 Å². The van der Waals surface area contributed by atoms with Crippen molar-refractivity contribution < 1.29 is 9.21 Å². The second-order valence-corrected chi connectivity index (χ2v) is 7.66. The van der Waals surface area contributed by atoms with Crippen LogP contribution < -0.4 is 0 Å². The Balaban J connectivity index is 1.70. The van der Waals surface area contributed by atoms with Crippen molar-refractivity contribution in [1.82, 2.24) is 10.2 Å². The van der Waals surface area contributed by atoms with Gasteiger partial charge in [0.2, 0.25) is 5.89 Å². The summed E-state index contributed by atoms with van der Waals surface area (Å²) in [4.78, 5) is 12.4. The molecule has 3 aromatic rings. The number of hydrogen-bond acceptors (Lipinski definition) is 5. The molecule has 0 unspecified atom stereocenters. The van der Waals surface area contributed by atoms with Gasteiger partial charge < -0.3 is 4.42 Å². The topological polar surface area (TPSA) is 56.0 Å². The number of nitrogens with zero attached hydrogens (tertiary/aromatic N) is 2. The molecule has 122 valence electrons. The summed E-state index contributed by atoms with van der Waals surface area (Å²) in [7, 11) is 0. The first-order chi connectivity index (χ1) is 11.5. The molecular weight excluding hydrogens is 412 g/mol. The van der Waals surface area contributed by atoms with Crippen molar-refractivity contribution in [1.29, 1.82) is 0 Å². The van der Waals surface area contributed by atoms with Gasteiger partial charge in [-0.1, -0.05) is 51.4 Å². The Bertz CT molecular complexity index is 850. The fourth-order valence-corrected chi connectivity index (χ4v) is 3.17. The molecule has 0 saturated heterocycles. The molecule has 0 N–H and O–H groups in total. The van der Waals surface area contributed by atoms with Crippen molar-refractivity contribution in [3.8, 4) is 11.5 Å². The molecule has 0 aliphatic heterocycles. The molecule has 1 aromatic heterocycles. The predicted molar refractivity (Wildman–Crippen MR) is 98.5 cm³/mol. The average Bonchev–Trinajstić information content (AvgIpc) is 3.04. The minimum Gasteiger partial charge on any atom is -0.411 e. The lowest BCUT2D eigenvalue weighted by Crippen LogP contribution is -2.13. The van der Waals surface area contributed by atoms with E-state index in [4.69, 9.17) is 16.0 Å². The number of benzene rings is 2. The van der Waals surface area contributed by atoms with Crippen molar-refractivity contribution in [2.24, 2.45) is 0 Å². The molecule has 0 aliphatic carbocycles. The second kappa shape index (κ2) is 7.51. The maximum Gasteiger partial charge on any atom is 0.277 e. The molecule has 3 rings (SSSR count). The summed E-state index contributed by atoms with van der Waals surface area (Å²) >= 11 is 10.5. The van der Waals surface area contributed by atoms with E-state index in [1.54, 1.807) is 36.4 Å². The minimum atomic E-state index is -0.329. The monoisotopic (exact) mass is 422 g/mol. The van der Waals surface area contributed by atoms with E-state index >= 15 is 0 Å². The molecule has 1 atom stereocenters. The van der Waals surface area contributed by atoms with E-state index in [1.165, 1.54) is 11.8 Å².